The van der Waals surface area contributed by atoms with Crippen molar-refractivity contribution in [2.45, 2.75) is 19.8 Å². The molecular weight excluding hydrogens is 316 g/mol. The van der Waals surface area contributed by atoms with Crippen LogP contribution in [0.5, 0.6) is 0 Å². The molecule has 0 amide bonds. The van der Waals surface area contributed by atoms with Crippen LogP contribution in [-0.4, -0.2) is 35.2 Å². The minimum atomic E-state index is -4.21. The Kier molecular flexibility index (Phi) is 4.24. The van der Waals surface area contributed by atoms with Gasteiger partial charge in [-0.3, -0.25) is 4.72 Å². The van der Waals surface area contributed by atoms with E-state index >= 15 is 0 Å². The first kappa shape index (κ1) is 15.8. The molecule has 0 spiro atoms. The van der Waals surface area contributed by atoms with Gasteiger partial charge in [0, 0.05) is 11.5 Å². The Morgan fingerprint density at radius 2 is 1.95 bits per heavy atom. The highest BCUT2D eigenvalue weighted by Gasteiger charge is 2.22. The number of carbonyl (C=O) groups is 1. The fourth-order valence-corrected chi connectivity index (χ4v) is 6.24. The standard InChI is InChI=1S/C12H16N2O5S2/c1-9-4-5-11(10(8-9)12(15)16)13-21(18,19)14-20(17)6-2-3-7-20/h4-5,8,13H,2-3,6-7H2,1H3,(H,15,16). The van der Waals surface area contributed by atoms with Crippen molar-refractivity contribution in [2.24, 2.45) is 3.77 Å². The highest BCUT2D eigenvalue weighted by molar-refractivity contribution is 8.03. The molecular formula is C12H16N2O5S2. The van der Waals surface area contributed by atoms with Crippen LogP contribution in [0.2, 0.25) is 0 Å². The van der Waals surface area contributed by atoms with Crippen molar-refractivity contribution in [2.75, 3.05) is 16.2 Å². The molecule has 1 fully saturated rings. The molecule has 0 atom stereocenters. The van der Waals surface area contributed by atoms with E-state index in [2.05, 4.69) is 8.49 Å². The van der Waals surface area contributed by atoms with Crippen LogP contribution in [0.15, 0.2) is 22.0 Å². The zero-order chi connectivity index (χ0) is 15.7. The molecule has 7 nitrogen and oxygen atoms in total. The number of hydrogen-bond donors (Lipinski definition) is 2. The van der Waals surface area contributed by atoms with Crippen molar-refractivity contribution in [1.82, 2.24) is 0 Å². The van der Waals surface area contributed by atoms with Gasteiger partial charge in [0.05, 0.1) is 21.0 Å². The smallest absolute Gasteiger partial charge is 0.350 e. The lowest BCUT2D eigenvalue weighted by Gasteiger charge is -2.09. The lowest BCUT2D eigenvalue weighted by Crippen LogP contribution is -2.16. The molecule has 0 unspecified atom stereocenters. The molecule has 116 valence electrons. The monoisotopic (exact) mass is 332 g/mol. The lowest BCUT2D eigenvalue weighted by atomic mass is 10.1. The van der Waals surface area contributed by atoms with E-state index in [4.69, 9.17) is 5.11 Å². The van der Waals surface area contributed by atoms with E-state index in [1.165, 1.54) is 12.1 Å². The summed E-state index contributed by atoms with van der Waals surface area (Å²) < 4.78 is 41.7. The topological polar surface area (TPSA) is 113 Å². The van der Waals surface area contributed by atoms with Gasteiger partial charge in [0.1, 0.15) is 0 Å². The first-order valence-electron chi connectivity index (χ1n) is 6.31. The zero-order valence-electron chi connectivity index (χ0n) is 11.4. The third-order valence-corrected chi connectivity index (χ3v) is 7.26. The number of anilines is 1. The van der Waals surface area contributed by atoms with Crippen molar-refractivity contribution >= 4 is 31.6 Å². The molecule has 0 bridgehead atoms. The molecule has 21 heavy (non-hydrogen) atoms. The van der Waals surface area contributed by atoms with Crippen molar-refractivity contribution in [3.63, 3.8) is 0 Å². The number of hydrogen-bond acceptors (Lipinski definition) is 4. The van der Waals surface area contributed by atoms with Gasteiger partial charge in [0.2, 0.25) is 0 Å². The molecule has 0 aliphatic carbocycles. The molecule has 0 aromatic heterocycles. The second-order valence-electron chi connectivity index (χ2n) is 4.89. The van der Waals surface area contributed by atoms with Gasteiger partial charge < -0.3 is 5.11 Å². The maximum atomic E-state index is 12.2. The largest absolute Gasteiger partial charge is 0.478 e. The molecule has 0 radical (unpaired) electrons. The number of carboxylic acid groups (broad SMARTS) is 1. The summed E-state index contributed by atoms with van der Waals surface area (Å²) >= 11 is 0. The van der Waals surface area contributed by atoms with Gasteiger partial charge in [-0.15, -0.1) is 0 Å². The van der Waals surface area contributed by atoms with Crippen molar-refractivity contribution in [1.29, 1.82) is 0 Å². The zero-order valence-corrected chi connectivity index (χ0v) is 13.0. The summed E-state index contributed by atoms with van der Waals surface area (Å²) in [5.74, 6) is -0.734. The van der Waals surface area contributed by atoms with Crippen LogP contribution < -0.4 is 4.72 Å². The first-order valence-corrected chi connectivity index (χ1v) is 9.61. The van der Waals surface area contributed by atoms with Gasteiger partial charge in [-0.25, -0.2) is 9.00 Å². The van der Waals surface area contributed by atoms with E-state index in [0.717, 1.165) is 0 Å². The molecule has 2 rings (SSSR count). The van der Waals surface area contributed by atoms with Gasteiger partial charge in [-0.2, -0.15) is 8.42 Å². The third kappa shape index (κ3) is 3.94. The first-order chi connectivity index (χ1) is 9.71. The summed E-state index contributed by atoms with van der Waals surface area (Å²) in [4.78, 5) is 11.1. The predicted octanol–water partition coefficient (Wildman–Crippen LogP) is 1.61. The van der Waals surface area contributed by atoms with Gasteiger partial charge in [-0.1, -0.05) is 15.4 Å². The second kappa shape index (κ2) is 5.64. The van der Waals surface area contributed by atoms with Crippen LogP contribution in [0.25, 0.3) is 0 Å². The molecule has 1 aromatic rings. The number of benzene rings is 1. The third-order valence-electron chi connectivity index (χ3n) is 3.05. The molecule has 2 N–H and O–H groups in total. The number of aromatic carboxylic acids is 1. The van der Waals surface area contributed by atoms with Crippen LogP contribution in [-0.2, 0) is 19.9 Å². The Morgan fingerprint density at radius 3 is 2.52 bits per heavy atom. The Balaban J connectivity index is 2.38. The van der Waals surface area contributed by atoms with Crippen LogP contribution in [0.4, 0.5) is 5.69 Å². The summed E-state index contributed by atoms with van der Waals surface area (Å²) in [6.07, 6.45) is 1.37. The normalized spacial score (nSPS) is 17.4. The SMILES string of the molecule is Cc1ccc(NS(=O)(=O)N=S2(=O)CCCC2)c(C(=O)O)c1. The van der Waals surface area contributed by atoms with E-state index in [-0.39, 0.29) is 22.8 Å². The molecule has 1 aromatic carbocycles. The summed E-state index contributed by atoms with van der Waals surface area (Å²) in [6.45, 7) is 1.70. The van der Waals surface area contributed by atoms with E-state index in [9.17, 15) is 17.4 Å². The predicted molar refractivity (Wildman–Crippen MR) is 80.2 cm³/mol. The highest BCUT2D eigenvalue weighted by atomic mass is 32.3. The number of rotatable bonds is 4. The van der Waals surface area contributed by atoms with E-state index < -0.39 is 25.9 Å². The minimum absolute atomic E-state index is 0.0853. The lowest BCUT2D eigenvalue weighted by molar-refractivity contribution is 0.0698. The summed E-state index contributed by atoms with van der Waals surface area (Å²) in [5.41, 5.74) is 0.432. The molecule has 9 heteroatoms. The van der Waals surface area contributed by atoms with E-state index in [1.807, 2.05) is 0 Å². The average Bonchev–Trinajstić information content (AvgIpc) is 2.76. The second-order valence-corrected chi connectivity index (χ2v) is 9.01. The van der Waals surface area contributed by atoms with Crippen LogP contribution in [0.3, 0.4) is 0 Å². The Morgan fingerprint density at radius 1 is 1.33 bits per heavy atom. The number of nitrogens with one attached hydrogen (secondary N) is 1. The molecule has 1 aliphatic heterocycles. The Bertz CT molecular complexity index is 780. The van der Waals surface area contributed by atoms with Crippen molar-refractivity contribution < 1.29 is 22.5 Å². The van der Waals surface area contributed by atoms with Crippen molar-refractivity contribution in [3.05, 3.63) is 29.3 Å². The van der Waals surface area contributed by atoms with Crippen LogP contribution in [0, 0.1) is 6.92 Å². The summed E-state index contributed by atoms with van der Waals surface area (Å²) in [6, 6.07) is 4.29. The fourth-order valence-electron chi connectivity index (χ4n) is 2.09. The maximum absolute atomic E-state index is 12.2. The maximum Gasteiger partial charge on any atom is 0.350 e. The minimum Gasteiger partial charge on any atom is -0.478 e. The Labute approximate surface area is 123 Å². The molecule has 0 saturated carbocycles. The molecule has 1 saturated heterocycles. The van der Waals surface area contributed by atoms with Gasteiger partial charge in [0.25, 0.3) is 0 Å². The van der Waals surface area contributed by atoms with Gasteiger partial charge >= 0.3 is 16.2 Å². The fraction of sp³-hybridized carbons (Fsp3) is 0.417. The molecule has 1 aliphatic rings. The average molecular weight is 332 g/mol. The highest BCUT2D eigenvalue weighted by Crippen LogP contribution is 2.21. The van der Waals surface area contributed by atoms with Crippen LogP contribution >= 0.6 is 0 Å². The van der Waals surface area contributed by atoms with Crippen LogP contribution in [0.1, 0.15) is 28.8 Å². The van der Waals surface area contributed by atoms with Gasteiger partial charge in [-0.05, 0) is 31.9 Å². The molecule has 1 heterocycles. The number of aryl methyl sites for hydroxylation is 1. The summed E-state index contributed by atoms with van der Waals surface area (Å²) in [5, 5.41) is 9.10. The van der Waals surface area contributed by atoms with E-state index in [1.54, 1.807) is 13.0 Å². The van der Waals surface area contributed by atoms with E-state index in [0.29, 0.717) is 18.4 Å². The number of nitrogens with zero attached hydrogens (tertiary/aromatic N) is 1. The van der Waals surface area contributed by atoms with Gasteiger partial charge in [0.15, 0.2) is 0 Å². The number of carboxylic acids is 1. The summed E-state index contributed by atoms with van der Waals surface area (Å²) in [7, 11) is -6.95. The van der Waals surface area contributed by atoms with Crippen molar-refractivity contribution in [3.8, 4) is 0 Å². The quantitative estimate of drug-likeness (QED) is 0.869. The Hall–Kier alpha value is -1.61.